The molecule has 1 N–H and O–H groups in total. The number of hydrogen-bond acceptors (Lipinski definition) is 3. The zero-order valence-electron chi connectivity index (χ0n) is 13.6. The van der Waals surface area contributed by atoms with Gasteiger partial charge in [0.25, 0.3) is 5.91 Å². The van der Waals surface area contributed by atoms with E-state index in [-0.39, 0.29) is 5.91 Å². The summed E-state index contributed by atoms with van der Waals surface area (Å²) in [4.78, 5) is 15.9. The lowest BCUT2D eigenvalue weighted by Crippen LogP contribution is -2.43. The second-order valence-electron chi connectivity index (χ2n) is 6.15. The van der Waals surface area contributed by atoms with Crippen LogP contribution in [-0.2, 0) is 0 Å². The van der Waals surface area contributed by atoms with Crippen molar-refractivity contribution in [3.8, 4) is 0 Å². The number of carbonyl (C=O) groups excluding carboxylic acids is 1. The van der Waals surface area contributed by atoms with Crippen molar-refractivity contribution in [1.82, 2.24) is 10.2 Å². The summed E-state index contributed by atoms with van der Waals surface area (Å²) in [6, 6.07) is 6.17. The Kier molecular flexibility index (Phi) is 6.60. The Labute approximate surface area is 142 Å². The van der Waals surface area contributed by atoms with E-state index in [1.165, 1.54) is 19.4 Å². The Morgan fingerprint density at radius 1 is 1.50 bits per heavy atom. The fourth-order valence-electron chi connectivity index (χ4n) is 2.87. The number of nitrogens with one attached hydrogen (secondary N) is 1. The Morgan fingerprint density at radius 3 is 2.95 bits per heavy atom. The molecule has 1 fully saturated rings. The predicted octanol–water partition coefficient (Wildman–Crippen LogP) is 3.91. The summed E-state index contributed by atoms with van der Waals surface area (Å²) in [5, 5.41) is 3.58. The molecule has 1 amide bonds. The van der Waals surface area contributed by atoms with Crippen LogP contribution in [0.25, 0.3) is 0 Å². The van der Waals surface area contributed by atoms with Crippen LogP contribution in [0.15, 0.2) is 23.1 Å². The number of amides is 1. The first-order valence-corrected chi connectivity index (χ1v) is 9.47. The van der Waals surface area contributed by atoms with Gasteiger partial charge in [-0.25, -0.2) is 0 Å². The zero-order chi connectivity index (χ0) is 16.1. The number of hydrogen-bond donors (Lipinski definition) is 1. The topological polar surface area (TPSA) is 32.3 Å². The van der Waals surface area contributed by atoms with Crippen LogP contribution in [0.1, 0.15) is 37.0 Å². The molecule has 0 bridgehead atoms. The van der Waals surface area contributed by atoms with E-state index in [9.17, 15) is 4.79 Å². The number of benzene rings is 1. The van der Waals surface area contributed by atoms with Gasteiger partial charge in [-0.15, -0.1) is 11.8 Å². The van der Waals surface area contributed by atoms with Gasteiger partial charge in [-0.2, -0.15) is 0 Å². The third-order valence-electron chi connectivity index (χ3n) is 4.25. The molecule has 1 aromatic rings. The number of carbonyl (C=O) groups is 1. The Morgan fingerprint density at radius 2 is 2.27 bits per heavy atom. The van der Waals surface area contributed by atoms with Crippen molar-refractivity contribution in [1.29, 1.82) is 0 Å². The summed E-state index contributed by atoms with van der Waals surface area (Å²) in [5.41, 5.74) is 0.574. The predicted molar refractivity (Wildman–Crippen MR) is 95.0 cm³/mol. The van der Waals surface area contributed by atoms with Gasteiger partial charge in [-0.3, -0.25) is 4.79 Å². The van der Waals surface area contributed by atoms with Gasteiger partial charge in [0.15, 0.2) is 0 Å². The van der Waals surface area contributed by atoms with E-state index in [4.69, 9.17) is 11.6 Å². The van der Waals surface area contributed by atoms with Crippen LogP contribution in [-0.4, -0.2) is 42.7 Å². The minimum atomic E-state index is -0.0671. The first-order valence-electron chi connectivity index (χ1n) is 7.87. The van der Waals surface area contributed by atoms with Crippen molar-refractivity contribution in [2.45, 2.75) is 37.6 Å². The van der Waals surface area contributed by atoms with E-state index in [2.05, 4.69) is 24.1 Å². The van der Waals surface area contributed by atoms with Gasteiger partial charge >= 0.3 is 0 Å². The number of thioether (sulfide) groups is 1. The summed E-state index contributed by atoms with van der Waals surface area (Å²) in [6.45, 7) is 7.42. The van der Waals surface area contributed by atoms with Gasteiger partial charge < -0.3 is 10.2 Å². The van der Waals surface area contributed by atoms with E-state index in [0.29, 0.717) is 22.5 Å². The average molecular weight is 341 g/mol. The molecule has 1 aromatic carbocycles. The molecular formula is C17H25ClN2OS. The third-order valence-corrected chi connectivity index (χ3v) is 5.31. The van der Waals surface area contributed by atoms with Crippen LogP contribution < -0.4 is 5.32 Å². The van der Waals surface area contributed by atoms with Gasteiger partial charge in [-0.1, -0.05) is 11.6 Å². The second kappa shape index (κ2) is 8.23. The molecule has 1 aliphatic heterocycles. The molecular weight excluding hydrogens is 316 g/mol. The number of piperidine rings is 1. The molecule has 5 heteroatoms. The van der Waals surface area contributed by atoms with Gasteiger partial charge in [0.2, 0.25) is 0 Å². The van der Waals surface area contributed by atoms with Crippen LogP contribution in [0.2, 0.25) is 5.02 Å². The Hall–Kier alpha value is -0.710. The Balaban J connectivity index is 1.92. The minimum Gasteiger partial charge on any atom is -0.352 e. The normalized spacial score (nSPS) is 19.4. The van der Waals surface area contributed by atoms with Crippen LogP contribution in [0.5, 0.6) is 0 Å². The highest BCUT2D eigenvalue weighted by Crippen LogP contribution is 2.23. The lowest BCUT2D eigenvalue weighted by molar-refractivity contribution is 0.0922. The zero-order valence-corrected chi connectivity index (χ0v) is 15.1. The molecule has 0 aromatic heterocycles. The van der Waals surface area contributed by atoms with Crippen molar-refractivity contribution in [2.75, 3.05) is 25.9 Å². The molecule has 3 nitrogen and oxygen atoms in total. The van der Waals surface area contributed by atoms with Crippen LogP contribution in [0, 0.1) is 5.92 Å². The molecule has 1 aliphatic rings. The van der Waals surface area contributed by atoms with Gasteiger partial charge in [0.1, 0.15) is 0 Å². The fraction of sp³-hybridized carbons (Fsp3) is 0.588. The molecule has 0 saturated carbocycles. The lowest BCUT2D eigenvalue weighted by Gasteiger charge is -2.35. The maximum Gasteiger partial charge on any atom is 0.252 e. The number of nitrogens with zero attached hydrogens (tertiary/aromatic N) is 1. The molecule has 122 valence electrons. The molecule has 22 heavy (non-hydrogen) atoms. The number of likely N-dealkylation sites (tertiary alicyclic amines) is 1. The monoisotopic (exact) mass is 340 g/mol. The lowest BCUT2D eigenvalue weighted by atomic mass is 9.97. The molecule has 0 unspecified atom stereocenters. The van der Waals surface area contributed by atoms with Crippen molar-refractivity contribution < 1.29 is 4.79 Å². The average Bonchev–Trinajstić information content (AvgIpc) is 2.53. The largest absolute Gasteiger partial charge is 0.352 e. The summed E-state index contributed by atoms with van der Waals surface area (Å²) < 4.78 is 0. The van der Waals surface area contributed by atoms with E-state index in [0.717, 1.165) is 18.0 Å². The van der Waals surface area contributed by atoms with E-state index < -0.39 is 0 Å². The van der Waals surface area contributed by atoms with E-state index >= 15 is 0 Å². The SMILES string of the molecule is CSc1ccc(Cl)c(C(=O)NC[C@H]2CCCN(C(C)C)C2)c1. The maximum absolute atomic E-state index is 12.4. The quantitative estimate of drug-likeness (QED) is 0.825. The van der Waals surface area contributed by atoms with Crippen LogP contribution >= 0.6 is 23.4 Å². The fourth-order valence-corrected chi connectivity index (χ4v) is 3.51. The maximum atomic E-state index is 12.4. The molecule has 1 heterocycles. The molecule has 1 atom stereocenters. The summed E-state index contributed by atoms with van der Waals surface area (Å²) >= 11 is 7.77. The molecule has 0 spiro atoms. The van der Waals surface area contributed by atoms with Crippen molar-refractivity contribution in [3.05, 3.63) is 28.8 Å². The molecule has 1 saturated heterocycles. The van der Waals surface area contributed by atoms with Crippen molar-refractivity contribution in [3.63, 3.8) is 0 Å². The summed E-state index contributed by atoms with van der Waals surface area (Å²) in [7, 11) is 0. The standard InChI is InChI=1S/C17H25ClN2OS/c1-12(2)20-8-4-5-13(11-20)10-19-17(21)15-9-14(22-3)6-7-16(15)18/h6-7,9,12-13H,4-5,8,10-11H2,1-3H3,(H,19,21)/t13-/m1/s1. The van der Waals surface area contributed by atoms with Gasteiger partial charge in [0.05, 0.1) is 10.6 Å². The number of halogens is 1. The van der Waals surface area contributed by atoms with Crippen LogP contribution in [0.3, 0.4) is 0 Å². The Bertz CT molecular complexity index is 521. The van der Waals surface area contributed by atoms with Crippen molar-refractivity contribution in [2.24, 2.45) is 5.92 Å². The summed E-state index contributed by atoms with van der Waals surface area (Å²) in [5.74, 6) is 0.463. The highest BCUT2D eigenvalue weighted by Gasteiger charge is 2.22. The minimum absolute atomic E-state index is 0.0671. The van der Waals surface area contributed by atoms with Crippen molar-refractivity contribution >= 4 is 29.3 Å². The summed E-state index contributed by atoms with van der Waals surface area (Å²) in [6.07, 6.45) is 4.39. The number of rotatable bonds is 5. The third kappa shape index (κ3) is 4.64. The highest BCUT2D eigenvalue weighted by atomic mass is 35.5. The first kappa shape index (κ1) is 17.6. The second-order valence-corrected chi connectivity index (χ2v) is 7.44. The van der Waals surface area contributed by atoms with Gasteiger partial charge in [-0.05, 0) is 63.6 Å². The van der Waals surface area contributed by atoms with Gasteiger partial charge in [0, 0.05) is 24.0 Å². The van der Waals surface area contributed by atoms with E-state index in [1.54, 1.807) is 17.8 Å². The molecule has 0 radical (unpaired) electrons. The smallest absolute Gasteiger partial charge is 0.252 e. The van der Waals surface area contributed by atoms with E-state index in [1.807, 2.05) is 18.4 Å². The molecule has 0 aliphatic carbocycles. The molecule has 2 rings (SSSR count). The highest BCUT2D eigenvalue weighted by molar-refractivity contribution is 7.98. The first-order chi connectivity index (χ1) is 10.5. The van der Waals surface area contributed by atoms with Crippen LogP contribution in [0.4, 0.5) is 0 Å².